The lowest BCUT2D eigenvalue weighted by Crippen LogP contribution is -2.39. The third kappa shape index (κ3) is 3.80. The molecule has 31 heavy (non-hydrogen) atoms. The van der Waals surface area contributed by atoms with E-state index in [1.165, 1.54) is 6.42 Å². The number of likely N-dealkylation sites (tertiary alicyclic amines) is 1. The van der Waals surface area contributed by atoms with Crippen LogP contribution < -0.4 is 4.74 Å². The van der Waals surface area contributed by atoms with E-state index in [1.807, 2.05) is 35.2 Å². The van der Waals surface area contributed by atoms with Crippen molar-refractivity contribution in [1.82, 2.24) is 24.6 Å². The highest BCUT2D eigenvalue weighted by Crippen LogP contribution is 2.42. The van der Waals surface area contributed by atoms with Crippen molar-refractivity contribution in [3.05, 3.63) is 54.0 Å². The van der Waals surface area contributed by atoms with Crippen molar-refractivity contribution < 1.29 is 9.53 Å². The molecule has 2 aromatic heterocycles. The SMILES string of the molecule is COc1ccccc1-c1ccnc(-n2ncc(C(=O)N3CCCC(C)C3)c2C2CC2)n1. The first-order valence-corrected chi connectivity index (χ1v) is 11.0. The van der Waals surface area contributed by atoms with Gasteiger partial charge in [0.1, 0.15) is 5.75 Å². The van der Waals surface area contributed by atoms with Gasteiger partial charge in [-0.3, -0.25) is 4.79 Å². The molecule has 0 spiro atoms. The number of carbonyl (C=O) groups is 1. The van der Waals surface area contributed by atoms with E-state index in [1.54, 1.807) is 24.2 Å². The molecule has 7 nitrogen and oxygen atoms in total. The zero-order valence-corrected chi connectivity index (χ0v) is 18.0. The number of piperidine rings is 1. The van der Waals surface area contributed by atoms with Gasteiger partial charge < -0.3 is 9.64 Å². The van der Waals surface area contributed by atoms with Crippen LogP contribution in [0.4, 0.5) is 0 Å². The van der Waals surface area contributed by atoms with Crippen LogP contribution in [0.5, 0.6) is 5.75 Å². The van der Waals surface area contributed by atoms with Crippen molar-refractivity contribution >= 4 is 5.91 Å². The Morgan fingerprint density at radius 1 is 1.16 bits per heavy atom. The average molecular weight is 418 g/mol. The molecule has 160 valence electrons. The number of hydrogen-bond acceptors (Lipinski definition) is 5. The zero-order chi connectivity index (χ0) is 21.4. The summed E-state index contributed by atoms with van der Waals surface area (Å²) in [5.41, 5.74) is 3.30. The van der Waals surface area contributed by atoms with Gasteiger partial charge >= 0.3 is 0 Å². The van der Waals surface area contributed by atoms with Gasteiger partial charge in [0.15, 0.2) is 0 Å². The van der Waals surface area contributed by atoms with Crippen LogP contribution in [0.1, 0.15) is 54.6 Å². The number of benzene rings is 1. The summed E-state index contributed by atoms with van der Waals surface area (Å²) in [6.07, 6.45) is 7.81. The van der Waals surface area contributed by atoms with Crippen molar-refractivity contribution in [2.75, 3.05) is 20.2 Å². The smallest absolute Gasteiger partial charge is 0.257 e. The molecule has 1 aliphatic carbocycles. The van der Waals surface area contributed by atoms with Gasteiger partial charge in [0.05, 0.1) is 30.3 Å². The number of hydrogen-bond donors (Lipinski definition) is 0. The van der Waals surface area contributed by atoms with Crippen LogP contribution in [-0.4, -0.2) is 50.8 Å². The third-order valence-corrected chi connectivity index (χ3v) is 6.16. The van der Waals surface area contributed by atoms with Crippen molar-refractivity contribution in [3.8, 4) is 23.0 Å². The summed E-state index contributed by atoms with van der Waals surface area (Å²) in [5.74, 6) is 2.20. The Morgan fingerprint density at radius 3 is 2.77 bits per heavy atom. The van der Waals surface area contributed by atoms with Gasteiger partial charge in [-0.25, -0.2) is 14.6 Å². The Kier molecular flexibility index (Phi) is 5.18. The highest BCUT2D eigenvalue weighted by molar-refractivity contribution is 5.95. The summed E-state index contributed by atoms with van der Waals surface area (Å²) in [4.78, 5) is 24.6. The molecular weight excluding hydrogens is 390 g/mol. The molecule has 7 heteroatoms. The molecule has 1 atom stereocenters. The molecule has 1 saturated heterocycles. The molecule has 1 amide bonds. The molecule has 1 unspecified atom stereocenters. The Bertz CT molecular complexity index is 1100. The van der Waals surface area contributed by atoms with Crippen LogP contribution in [0.2, 0.25) is 0 Å². The van der Waals surface area contributed by atoms with E-state index in [-0.39, 0.29) is 5.91 Å². The van der Waals surface area contributed by atoms with E-state index < -0.39 is 0 Å². The van der Waals surface area contributed by atoms with Crippen molar-refractivity contribution in [3.63, 3.8) is 0 Å². The number of carbonyl (C=O) groups excluding carboxylic acids is 1. The van der Waals surface area contributed by atoms with Gasteiger partial charge in [-0.05, 0) is 49.8 Å². The first-order chi connectivity index (χ1) is 15.2. The highest BCUT2D eigenvalue weighted by atomic mass is 16.5. The van der Waals surface area contributed by atoms with E-state index in [4.69, 9.17) is 9.72 Å². The number of aromatic nitrogens is 4. The number of amides is 1. The van der Waals surface area contributed by atoms with Crippen molar-refractivity contribution in [2.45, 2.75) is 38.5 Å². The highest BCUT2D eigenvalue weighted by Gasteiger charge is 2.35. The quantitative estimate of drug-likeness (QED) is 0.625. The second kappa shape index (κ2) is 8.13. The predicted molar refractivity (Wildman–Crippen MR) is 117 cm³/mol. The zero-order valence-electron chi connectivity index (χ0n) is 18.0. The molecule has 1 aromatic carbocycles. The molecule has 0 radical (unpaired) electrons. The van der Waals surface area contributed by atoms with E-state index in [2.05, 4.69) is 17.0 Å². The Morgan fingerprint density at radius 2 is 2.00 bits per heavy atom. The molecule has 3 heterocycles. The second-order valence-electron chi connectivity index (χ2n) is 8.57. The minimum absolute atomic E-state index is 0.0839. The van der Waals surface area contributed by atoms with Crippen LogP contribution in [0.3, 0.4) is 0 Å². The van der Waals surface area contributed by atoms with Crippen LogP contribution in [0, 0.1) is 5.92 Å². The van der Waals surface area contributed by atoms with Crippen LogP contribution >= 0.6 is 0 Å². The van der Waals surface area contributed by atoms with E-state index in [0.717, 1.165) is 55.1 Å². The summed E-state index contributed by atoms with van der Waals surface area (Å²) in [5, 5.41) is 4.57. The summed E-state index contributed by atoms with van der Waals surface area (Å²) in [7, 11) is 1.65. The minimum atomic E-state index is 0.0839. The Labute approximate surface area is 182 Å². The Hall–Kier alpha value is -3.22. The largest absolute Gasteiger partial charge is 0.496 e. The number of nitrogens with zero attached hydrogens (tertiary/aromatic N) is 5. The molecule has 5 rings (SSSR count). The van der Waals surface area contributed by atoms with Gasteiger partial charge in [0, 0.05) is 30.8 Å². The number of ether oxygens (including phenoxy) is 1. The van der Waals surface area contributed by atoms with Crippen LogP contribution in [0.15, 0.2) is 42.7 Å². The molecular formula is C24H27N5O2. The van der Waals surface area contributed by atoms with Crippen molar-refractivity contribution in [2.24, 2.45) is 5.92 Å². The minimum Gasteiger partial charge on any atom is -0.496 e. The van der Waals surface area contributed by atoms with Gasteiger partial charge in [-0.1, -0.05) is 19.1 Å². The monoisotopic (exact) mass is 417 g/mol. The lowest BCUT2D eigenvalue weighted by Gasteiger charge is -2.31. The third-order valence-electron chi connectivity index (χ3n) is 6.16. The second-order valence-corrected chi connectivity index (χ2v) is 8.57. The standard InChI is InChI=1S/C24H27N5O2/c1-16-6-5-13-28(15-16)23(30)19-14-26-29(22(19)17-9-10-17)24-25-12-11-20(27-24)18-7-3-4-8-21(18)31-2/h3-4,7-8,11-12,14,16-17H,5-6,9-10,13,15H2,1-2H3. The fourth-order valence-electron chi connectivity index (χ4n) is 4.43. The summed E-state index contributed by atoms with van der Waals surface area (Å²) in [6.45, 7) is 3.84. The van der Waals surface area contributed by atoms with E-state index in [0.29, 0.717) is 23.3 Å². The van der Waals surface area contributed by atoms with Gasteiger partial charge in [0.25, 0.3) is 11.9 Å². The molecule has 3 aromatic rings. The van der Waals surface area contributed by atoms with Crippen LogP contribution in [0.25, 0.3) is 17.2 Å². The summed E-state index contributed by atoms with van der Waals surface area (Å²) < 4.78 is 7.26. The van der Waals surface area contributed by atoms with Gasteiger partial charge in [-0.15, -0.1) is 0 Å². The molecule has 1 aliphatic heterocycles. The molecule has 2 aliphatic rings. The first kappa shape index (κ1) is 19.7. The fraction of sp³-hybridized carbons (Fsp3) is 0.417. The van der Waals surface area contributed by atoms with E-state index in [9.17, 15) is 4.79 Å². The predicted octanol–water partition coefficient (Wildman–Crippen LogP) is 4.09. The number of rotatable bonds is 5. The van der Waals surface area contributed by atoms with E-state index >= 15 is 0 Å². The molecule has 2 fully saturated rings. The molecule has 1 saturated carbocycles. The fourth-order valence-corrected chi connectivity index (χ4v) is 4.43. The lowest BCUT2D eigenvalue weighted by molar-refractivity contribution is 0.0682. The maximum Gasteiger partial charge on any atom is 0.257 e. The average Bonchev–Trinajstić information content (AvgIpc) is 3.56. The lowest BCUT2D eigenvalue weighted by atomic mass is 9.99. The van der Waals surface area contributed by atoms with Gasteiger partial charge in [-0.2, -0.15) is 5.10 Å². The van der Waals surface area contributed by atoms with Gasteiger partial charge in [0.2, 0.25) is 0 Å². The molecule has 0 bridgehead atoms. The maximum atomic E-state index is 13.3. The van der Waals surface area contributed by atoms with Crippen LogP contribution in [-0.2, 0) is 0 Å². The number of methoxy groups -OCH3 is 1. The maximum absolute atomic E-state index is 13.3. The summed E-state index contributed by atoms with van der Waals surface area (Å²) >= 11 is 0. The normalized spacial score (nSPS) is 18.8. The molecule has 0 N–H and O–H groups in total. The first-order valence-electron chi connectivity index (χ1n) is 11.0. The summed E-state index contributed by atoms with van der Waals surface area (Å²) in [6, 6.07) is 9.64. The number of para-hydroxylation sites is 1. The Balaban J connectivity index is 1.52. The van der Waals surface area contributed by atoms with Crippen molar-refractivity contribution in [1.29, 1.82) is 0 Å². The topological polar surface area (TPSA) is 73.1 Å².